The van der Waals surface area contributed by atoms with Gasteiger partial charge in [0.1, 0.15) is 5.82 Å². The molecular formula is C15H18BrN3. The highest BCUT2D eigenvalue weighted by molar-refractivity contribution is 9.10. The zero-order chi connectivity index (χ0) is 13.8. The van der Waals surface area contributed by atoms with Crippen LogP contribution in [-0.2, 0) is 6.54 Å². The van der Waals surface area contributed by atoms with Crippen molar-refractivity contribution in [3.8, 4) is 0 Å². The minimum Gasteiger partial charge on any atom is -0.326 e. The molecule has 0 fully saturated rings. The number of nitrogens with two attached hydrogens (primary N) is 1. The smallest absolute Gasteiger partial charge is 0.137 e. The average Bonchev–Trinajstić information content (AvgIpc) is 2.43. The van der Waals surface area contributed by atoms with Crippen molar-refractivity contribution in [1.82, 2.24) is 4.98 Å². The zero-order valence-corrected chi connectivity index (χ0v) is 12.8. The van der Waals surface area contributed by atoms with Gasteiger partial charge >= 0.3 is 0 Å². The summed E-state index contributed by atoms with van der Waals surface area (Å²) in [7, 11) is 0. The van der Waals surface area contributed by atoms with Crippen molar-refractivity contribution in [3.05, 3.63) is 52.1 Å². The Labute approximate surface area is 122 Å². The highest BCUT2D eigenvalue weighted by Gasteiger charge is 2.13. The third kappa shape index (κ3) is 3.14. The lowest BCUT2D eigenvalue weighted by atomic mass is 10.2. The SMILES string of the molecule is CCN(c1ccc(C)cc1)c1ncc(Br)cc1CN. The van der Waals surface area contributed by atoms with Crippen LogP contribution in [0.15, 0.2) is 41.0 Å². The second-order valence-corrected chi connectivity index (χ2v) is 5.34. The molecule has 1 aromatic heterocycles. The van der Waals surface area contributed by atoms with Crippen LogP contribution in [0.3, 0.4) is 0 Å². The summed E-state index contributed by atoms with van der Waals surface area (Å²) < 4.78 is 0.955. The zero-order valence-electron chi connectivity index (χ0n) is 11.2. The quantitative estimate of drug-likeness (QED) is 0.932. The van der Waals surface area contributed by atoms with Crippen LogP contribution >= 0.6 is 15.9 Å². The maximum atomic E-state index is 5.83. The number of hydrogen-bond acceptors (Lipinski definition) is 3. The van der Waals surface area contributed by atoms with Crippen LogP contribution in [0, 0.1) is 6.92 Å². The van der Waals surface area contributed by atoms with Crippen LogP contribution in [0.25, 0.3) is 0 Å². The first-order chi connectivity index (χ1) is 9.15. The summed E-state index contributed by atoms with van der Waals surface area (Å²) in [5.74, 6) is 0.928. The molecule has 2 N–H and O–H groups in total. The molecule has 0 saturated carbocycles. The van der Waals surface area contributed by atoms with E-state index in [9.17, 15) is 0 Å². The lowest BCUT2D eigenvalue weighted by molar-refractivity contribution is 0.946. The van der Waals surface area contributed by atoms with Gasteiger partial charge in [0.2, 0.25) is 0 Å². The van der Waals surface area contributed by atoms with E-state index in [0.29, 0.717) is 6.54 Å². The summed E-state index contributed by atoms with van der Waals surface area (Å²) in [5.41, 5.74) is 9.25. The first-order valence-corrected chi connectivity index (χ1v) is 7.13. The summed E-state index contributed by atoms with van der Waals surface area (Å²) in [4.78, 5) is 6.69. The number of anilines is 2. The van der Waals surface area contributed by atoms with Crippen LogP contribution < -0.4 is 10.6 Å². The number of aromatic nitrogens is 1. The molecular weight excluding hydrogens is 302 g/mol. The minimum absolute atomic E-state index is 0.476. The molecule has 0 spiro atoms. The third-order valence-corrected chi connectivity index (χ3v) is 3.48. The topological polar surface area (TPSA) is 42.2 Å². The van der Waals surface area contributed by atoms with Crippen LogP contribution in [0.4, 0.5) is 11.5 Å². The van der Waals surface area contributed by atoms with Crippen molar-refractivity contribution < 1.29 is 0 Å². The van der Waals surface area contributed by atoms with Crippen molar-refractivity contribution in [3.63, 3.8) is 0 Å². The Morgan fingerprint density at radius 1 is 1.26 bits per heavy atom. The Morgan fingerprint density at radius 2 is 1.95 bits per heavy atom. The lowest BCUT2D eigenvalue weighted by Crippen LogP contribution is -2.20. The van der Waals surface area contributed by atoms with Crippen molar-refractivity contribution >= 4 is 27.4 Å². The highest BCUT2D eigenvalue weighted by atomic mass is 79.9. The molecule has 0 radical (unpaired) electrons. The first kappa shape index (κ1) is 14.0. The monoisotopic (exact) mass is 319 g/mol. The van der Waals surface area contributed by atoms with E-state index in [1.54, 1.807) is 0 Å². The van der Waals surface area contributed by atoms with E-state index in [1.165, 1.54) is 5.56 Å². The molecule has 0 aliphatic carbocycles. The maximum Gasteiger partial charge on any atom is 0.137 e. The van der Waals surface area contributed by atoms with E-state index in [0.717, 1.165) is 28.1 Å². The van der Waals surface area contributed by atoms with Gasteiger partial charge in [0, 0.05) is 35.0 Å². The molecule has 4 heteroatoms. The number of rotatable bonds is 4. The third-order valence-electron chi connectivity index (χ3n) is 3.05. The van der Waals surface area contributed by atoms with Gasteiger partial charge in [-0.05, 0) is 48.0 Å². The van der Waals surface area contributed by atoms with E-state index in [4.69, 9.17) is 5.73 Å². The Hall–Kier alpha value is -1.39. The standard InChI is InChI=1S/C15H18BrN3/c1-3-19(14-6-4-11(2)5-7-14)15-12(9-17)8-13(16)10-18-15/h4-8,10H,3,9,17H2,1-2H3. The lowest BCUT2D eigenvalue weighted by Gasteiger charge is -2.24. The number of benzene rings is 1. The van der Waals surface area contributed by atoms with Crippen LogP contribution in [0.2, 0.25) is 0 Å². The number of aryl methyl sites for hydroxylation is 1. The van der Waals surface area contributed by atoms with E-state index in [2.05, 4.69) is 63.9 Å². The van der Waals surface area contributed by atoms with Gasteiger partial charge in [-0.2, -0.15) is 0 Å². The molecule has 19 heavy (non-hydrogen) atoms. The number of hydrogen-bond donors (Lipinski definition) is 1. The summed E-state index contributed by atoms with van der Waals surface area (Å²) in [6.07, 6.45) is 1.81. The molecule has 0 aliphatic heterocycles. The largest absolute Gasteiger partial charge is 0.326 e. The van der Waals surface area contributed by atoms with Crippen molar-refractivity contribution in [1.29, 1.82) is 0 Å². The van der Waals surface area contributed by atoms with Crippen LogP contribution in [0.5, 0.6) is 0 Å². The molecule has 2 rings (SSSR count). The van der Waals surface area contributed by atoms with Gasteiger partial charge in [-0.3, -0.25) is 0 Å². The minimum atomic E-state index is 0.476. The summed E-state index contributed by atoms with van der Waals surface area (Å²) in [6, 6.07) is 10.5. The molecule has 0 bridgehead atoms. The predicted octanol–water partition coefficient (Wildman–Crippen LogP) is 3.77. The molecule has 0 unspecified atom stereocenters. The van der Waals surface area contributed by atoms with Crippen molar-refractivity contribution in [2.24, 2.45) is 5.73 Å². The first-order valence-electron chi connectivity index (χ1n) is 6.34. The Bertz CT molecular complexity index is 552. The highest BCUT2D eigenvalue weighted by Crippen LogP contribution is 2.28. The fourth-order valence-corrected chi connectivity index (χ4v) is 2.43. The molecule has 0 saturated heterocycles. The molecule has 0 atom stereocenters. The van der Waals surface area contributed by atoms with Gasteiger partial charge in [-0.1, -0.05) is 17.7 Å². The van der Waals surface area contributed by atoms with Crippen molar-refractivity contribution in [2.45, 2.75) is 20.4 Å². The van der Waals surface area contributed by atoms with Gasteiger partial charge in [-0.25, -0.2) is 4.98 Å². The molecule has 100 valence electrons. The van der Waals surface area contributed by atoms with Crippen molar-refractivity contribution in [2.75, 3.05) is 11.4 Å². The van der Waals surface area contributed by atoms with E-state index < -0.39 is 0 Å². The number of nitrogens with zero attached hydrogens (tertiary/aromatic N) is 2. The fourth-order valence-electron chi connectivity index (χ4n) is 2.05. The second-order valence-electron chi connectivity index (χ2n) is 4.42. The number of halogens is 1. The van der Waals surface area contributed by atoms with Gasteiger partial charge in [0.15, 0.2) is 0 Å². The molecule has 1 heterocycles. The van der Waals surface area contributed by atoms with E-state index in [-0.39, 0.29) is 0 Å². The van der Waals surface area contributed by atoms with Gasteiger partial charge in [0.05, 0.1) is 0 Å². The molecule has 1 aromatic carbocycles. The Morgan fingerprint density at radius 3 is 2.53 bits per heavy atom. The summed E-state index contributed by atoms with van der Waals surface area (Å²) in [6.45, 7) is 5.53. The number of pyridine rings is 1. The van der Waals surface area contributed by atoms with E-state index >= 15 is 0 Å². The maximum absolute atomic E-state index is 5.83. The predicted molar refractivity (Wildman–Crippen MR) is 83.7 cm³/mol. The molecule has 3 nitrogen and oxygen atoms in total. The van der Waals surface area contributed by atoms with Crippen LogP contribution in [-0.4, -0.2) is 11.5 Å². The van der Waals surface area contributed by atoms with E-state index in [1.807, 2.05) is 12.3 Å². The fraction of sp³-hybridized carbons (Fsp3) is 0.267. The second kappa shape index (κ2) is 6.17. The Kier molecular flexibility index (Phi) is 4.56. The molecule has 0 amide bonds. The normalized spacial score (nSPS) is 10.5. The van der Waals surface area contributed by atoms with Crippen LogP contribution in [0.1, 0.15) is 18.1 Å². The summed E-state index contributed by atoms with van der Waals surface area (Å²) in [5, 5.41) is 0. The van der Waals surface area contributed by atoms with Gasteiger partial charge < -0.3 is 10.6 Å². The molecule has 2 aromatic rings. The molecule has 0 aliphatic rings. The van der Waals surface area contributed by atoms with Gasteiger partial charge in [-0.15, -0.1) is 0 Å². The average molecular weight is 320 g/mol. The van der Waals surface area contributed by atoms with Gasteiger partial charge in [0.25, 0.3) is 0 Å². The summed E-state index contributed by atoms with van der Waals surface area (Å²) >= 11 is 3.44. The Balaban J connectivity index is 2.44.